The summed E-state index contributed by atoms with van der Waals surface area (Å²) >= 11 is 18.3. The van der Waals surface area contributed by atoms with Gasteiger partial charge < -0.3 is 4.74 Å². The standard InChI is InChI=1S/C18H12Cl2N2O3S2/c1-25-14-5-3-2-4-12(14)16(23)21-22-17(24)15(27-18(22)26)8-10-6-7-11(19)9-13(10)20/h2-9H,1H3,(H,21,23). The van der Waals surface area contributed by atoms with Crippen molar-refractivity contribution >= 4 is 69.4 Å². The molecule has 3 rings (SSSR count). The van der Waals surface area contributed by atoms with E-state index in [9.17, 15) is 9.59 Å². The number of nitrogens with zero attached hydrogens (tertiary/aromatic N) is 1. The smallest absolute Gasteiger partial charge is 0.285 e. The summed E-state index contributed by atoms with van der Waals surface area (Å²) in [5, 5.41) is 1.93. The minimum atomic E-state index is -0.505. The number of thioether (sulfide) groups is 1. The number of benzene rings is 2. The molecule has 0 spiro atoms. The maximum absolute atomic E-state index is 12.7. The van der Waals surface area contributed by atoms with E-state index in [4.69, 9.17) is 40.2 Å². The number of nitrogens with one attached hydrogen (secondary N) is 1. The molecule has 2 aromatic carbocycles. The van der Waals surface area contributed by atoms with Gasteiger partial charge in [0.05, 0.1) is 17.6 Å². The molecule has 0 aliphatic carbocycles. The van der Waals surface area contributed by atoms with Gasteiger partial charge in [0.1, 0.15) is 5.75 Å². The first-order valence-corrected chi connectivity index (χ1v) is 9.56. The topological polar surface area (TPSA) is 58.6 Å². The normalized spacial score (nSPS) is 15.4. The minimum absolute atomic E-state index is 0.208. The Hall–Kier alpha value is -2.06. The van der Waals surface area contributed by atoms with Crippen molar-refractivity contribution in [2.75, 3.05) is 7.11 Å². The number of amides is 2. The molecule has 0 bridgehead atoms. The van der Waals surface area contributed by atoms with Gasteiger partial charge in [0.2, 0.25) is 0 Å². The molecule has 1 fully saturated rings. The molecular weight excluding hydrogens is 427 g/mol. The average Bonchev–Trinajstić information content (AvgIpc) is 2.91. The zero-order valence-corrected chi connectivity index (χ0v) is 17.0. The van der Waals surface area contributed by atoms with Gasteiger partial charge >= 0.3 is 0 Å². The third-order valence-electron chi connectivity index (χ3n) is 3.61. The Kier molecular flexibility index (Phi) is 6.06. The van der Waals surface area contributed by atoms with Gasteiger partial charge in [0.25, 0.3) is 11.8 Å². The molecule has 1 heterocycles. The van der Waals surface area contributed by atoms with Crippen molar-refractivity contribution in [1.82, 2.24) is 10.4 Å². The Balaban J connectivity index is 1.82. The molecule has 1 saturated heterocycles. The number of para-hydroxylation sites is 1. The first kappa shape index (κ1) is 19.7. The van der Waals surface area contributed by atoms with E-state index in [-0.39, 0.29) is 4.32 Å². The number of carbonyl (C=O) groups is 2. The lowest BCUT2D eigenvalue weighted by Gasteiger charge is -2.16. The Morgan fingerprint density at radius 1 is 1.26 bits per heavy atom. The van der Waals surface area contributed by atoms with E-state index in [0.717, 1.165) is 16.8 Å². The van der Waals surface area contributed by atoms with Crippen LogP contribution in [0.5, 0.6) is 5.75 Å². The number of halogens is 2. The fourth-order valence-electron chi connectivity index (χ4n) is 2.32. The van der Waals surface area contributed by atoms with Crippen molar-refractivity contribution in [3.8, 4) is 5.75 Å². The lowest BCUT2D eigenvalue weighted by Crippen LogP contribution is -2.44. The molecule has 138 valence electrons. The van der Waals surface area contributed by atoms with Crippen LogP contribution in [0.1, 0.15) is 15.9 Å². The van der Waals surface area contributed by atoms with Crippen LogP contribution in [0.4, 0.5) is 0 Å². The summed E-state index contributed by atoms with van der Waals surface area (Å²) in [7, 11) is 1.46. The van der Waals surface area contributed by atoms with E-state index in [0.29, 0.717) is 31.8 Å². The van der Waals surface area contributed by atoms with Gasteiger partial charge in [0, 0.05) is 10.0 Å². The van der Waals surface area contributed by atoms with Gasteiger partial charge in [-0.15, -0.1) is 0 Å². The van der Waals surface area contributed by atoms with E-state index in [2.05, 4.69) is 5.43 Å². The second-order valence-electron chi connectivity index (χ2n) is 5.32. The summed E-state index contributed by atoms with van der Waals surface area (Å²) in [6.45, 7) is 0. The zero-order chi connectivity index (χ0) is 19.6. The van der Waals surface area contributed by atoms with Crippen LogP contribution >= 0.6 is 47.2 Å². The van der Waals surface area contributed by atoms with Crippen LogP contribution in [-0.2, 0) is 4.79 Å². The molecule has 0 radical (unpaired) electrons. The highest BCUT2D eigenvalue weighted by Crippen LogP contribution is 2.33. The summed E-state index contributed by atoms with van der Waals surface area (Å²) < 4.78 is 5.38. The fraction of sp³-hybridized carbons (Fsp3) is 0.0556. The molecule has 2 aromatic rings. The Labute approximate surface area is 175 Å². The summed E-state index contributed by atoms with van der Waals surface area (Å²) in [5.41, 5.74) is 3.43. The van der Waals surface area contributed by atoms with Crippen LogP contribution < -0.4 is 10.2 Å². The second-order valence-corrected chi connectivity index (χ2v) is 7.84. The molecule has 5 nitrogen and oxygen atoms in total. The van der Waals surface area contributed by atoms with E-state index in [1.165, 1.54) is 7.11 Å². The van der Waals surface area contributed by atoms with E-state index < -0.39 is 11.8 Å². The third kappa shape index (κ3) is 4.27. The van der Waals surface area contributed by atoms with Gasteiger partial charge in [-0.1, -0.05) is 53.2 Å². The Morgan fingerprint density at radius 3 is 2.70 bits per heavy atom. The number of thiocarbonyl (C=S) groups is 1. The van der Waals surface area contributed by atoms with Crippen LogP contribution in [0, 0.1) is 0 Å². The SMILES string of the molecule is COc1ccccc1C(=O)NN1C(=O)C(=Cc2ccc(Cl)cc2Cl)SC1=S. The number of methoxy groups -OCH3 is 1. The van der Waals surface area contributed by atoms with Crippen LogP contribution in [0.15, 0.2) is 47.4 Å². The van der Waals surface area contributed by atoms with Crippen LogP contribution in [0.25, 0.3) is 6.08 Å². The van der Waals surface area contributed by atoms with Gasteiger partial charge in [-0.3, -0.25) is 15.0 Å². The third-order valence-corrected chi connectivity index (χ3v) is 5.47. The van der Waals surface area contributed by atoms with Gasteiger partial charge in [0.15, 0.2) is 4.32 Å². The molecule has 27 heavy (non-hydrogen) atoms. The molecule has 1 N–H and O–H groups in total. The quantitative estimate of drug-likeness (QED) is 0.560. The predicted octanol–water partition coefficient (Wildman–Crippen LogP) is 4.55. The summed E-state index contributed by atoms with van der Waals surface area (Å²) in [4.78, 5) is 25.5. The highest BCUT2D eigenvalue weighted by molar-refractivity contribution is 8.26. The Bertz CT molecular complexity index is 979. The zero-order valence-electron chi connectivity index (χ0n) is 13.9. The lowest BCUT2D eigenvalue weighted by atomic mass is 10.2. The molecule has 0 aromatic heterocycles. The minimum Gasteiger partial charge on any atom is -0.496 e. The highest BCUT2D eigenvalue weighted by atomic mass is 35.5. The van der Waals surface area contributed by atoms with Crippen molar-refractivity contribution in [3.05, 3.63) is 68.5 Å². The fourth-order valence-corrected chi connectivity index (χ4v) is 3.95. The maximum atomic E-state index is 12.7. The van der Waals surface area contributed by atoms with Crippen molar-refractivity contribution in [2.45, 2.75) is 0 Å². The molecular formula is C18H12Cl2N2O3S2. The number of rotatable bonds is 4. The van der Waals surface area contributed by atoms with Crippen molar-refractivity contribution < 1.29 is 14.3 Å². The van der Waals surface area contributed by atoms with Gasteiger partial charge in [-0.2, -0.15) is 5.01 Å². The van der Waals surface area contributed by atoms with Gasteiger partial charge in [-0.05, 0) is 48.1 Å². The van der Waals surface area contributed by atoms with Crippen molar-refractivity contribution in [2.24, 2.45) is 0 Å². The molecule has 1 aliphatic rings. The van der Waals surface area contributed by atoms with Crippen LogP contribution in [-0.4, -0.2) is 28.3 Å². The maximum Gasteiger partial charge on any atom is 0.285 e. The average molecular weight is 439 g/mol. The number of carbonyl (C=O) groups excluding carboxylic acids is 2. The lowest BCUT2D eigenvalue weighted by molar-refractivity contribution is -0.123. The number of hydrogen-bond acceptors (Lipinski definition) is 5. The van der Waals surface area contributed by atoms with Crippen LogP contribution in [0.2, 0.25) is 10.0 Å². The predicted molar refractivity (Wildman–Crippen MR) is 112 cm³/mol. The molecule has 0 atom stereocenters. The Morgan fingerprint density at radius 2 is 2.00 bits per heavy atom. The molecule has 0 unspecified atom stereocenters. The highest BCUT2D eigenvalue weighted by Gasteiger charge is 2.34. The largest absolute Gasteiger partial charge is 0.496 e. The van der Waals surface area contributed by atoms with Gasteiger partial charge in [-0.25, -0.2) is 0 Å². The molecule has 0 saturated carbocycles. The van der Waals surface area contributed by atoms with Crippen LogP contribution in [0.3, 0.4) is 0 Å². The first-order valence-electron chi connectivity index (χ1n) is 7.57. The monoisotopic (exact) mass is 438 g/mol. The molecule has 2 amide bonds. The summed E-state index contributed by atoms with van der Waals surface area (Å²) in [5.74, 6) is -0.558. The molecule has 1 aliphatic heterocycles. The first-order chi connectivity index (χ1) is 12.9. The van der Waals surface area contributed by atoms with Crippen molar-refractivity contribution in [1.29, 1.82) is 0 Å². The van der Waals surface area contributed by atoms with E-state index >= 15 is 0 Å². The second kappa shape index (κ2) is 8.31. The number of hydrazine groups is 1. The summed E-state index contributed by atoms with van der Waals surface area (Å²) in [6, 6.07) is 11.6. The molecule has 9 heteroatoms. The summed E-state index contributed by atoms with van der Waals surface area (Å²) in [6.07, 6.45) is 1.60. The van der Waals surface area contributed by atoms with E-state index in [1.807, 2.05) is 0 Å². The van der Waals surface area contributed by atoms with Crippen molar-refractivity contribution in [3.63, 3.8) is 0 Å². The number of ether oxygens (including phenoxy) is 1. The van der Waals surface area contributed by atoms with E-state index in [1.54, 1.807) is 48.5 Å². The number of hydrogen-bond donors (Lipinski definition) is 1.